The largest absolute Gasteiger partial charge is 0.647 e. The van der Waals surface area contributed by atoms with E-state index in [1.165, 1.54) is 0 Å². The summed E-state index contributed by atoms with van der Waals surface area (Å²) in [6.45, 7) is 0. The predicted molar refractivity (Wildman–Crippen MR) is 169 cm³/mol. The second-order valence-corrected chi connectivity index (χ2v) is 12.2. The minimum atomic E-state index is -4.16. The lowest BCUT2D eigenvalue weighted by Crippen LogP contribution is -2.08. The van der Waals surface area contributed by atoms with Gasteiger partial charge in [0, 0.05) is 0 Å². The van der Waals surface area contributed by atoms with Gasteiger partial charge in [-0.2, -0.15) is 9.13 Å². The quantitative estimate of drug-likeness (QED) is 0.124. The molecule has 6 aromatic carbocycles. The smallest absolute Gasteiger partial charge is 0.386 e. The van der Waals surface area contributed by atoms with Gasteiger partial charge in [-0.3, -0.25) is 0 Å². The van der Waals surface area contributed by atoms with Crippen molar-refractivity contribution in [2.45, 2.75) is 0 Å². The van der Waals surface area contributed by atoms with Crippen LogP contribution in [-0.2, 0) is 9.13 Å². The van der Waals surface area contributed by atoms with Crippen LogP contribution in [0.15, 0.2) is 158 Å². The number of phosphoric acid groups is 2. The topological polar surface area (TPSA) is 89.5 Å². The van der Waals surface area contributed by atoms with Crippen molar-refractivity contribution >= 4 is 26.4 Å². The highest BCUT2D eigenvalue weighted by Gasteiger charge is 2.34. The number of hydrogen-bond acceptors (Lipinski definition) is 8. The van der Waals surface area contributed by atoms with Crippen LogP contribution in [-0.4, -0.2) is 0 Å². The lowest BCUT2D eigenvalue weighted by molar-refractivity contribution is 0.296. The minimum Gasteiger partial charge on any atom is -0.386 e. The number of benzene rings is 6. The average molecular weight is 625 g/mol. The molecule has 0 N–H and O–H groups in total. The number of hydrogen-bond donors (Lipinski definition) is 0. The van der Waals surface area contributed by atoms with Crippen molar-refractivity contribution in [2.75, 3.05) is 0 Å². The van der Waals surface area contributed by atoms with E-state index in [1.807, 2.05) is 24.3 Å². The van der Waals surface area contributed by atoms with E-state index >= 15 is 0 Å². The van der Waals surface area contributed by atoms with E-state index in [1.54, 1.807) is 133 Å². The van der Waals surface area contributed by atoms with E-state index in [4.69, 9.17) is 27.1 Å². The minimum absolute atomic E-state index is 0.256. The predicted octanol–water partition coefficient (Wildman–Crippen LogP) is 10.1. The van der Waals surface area contributed by atoms with Gasteiger partial charge in [-0.1, -0.05) is 84.9 Å². The first-order chi connectivity index (χ1) is 21.4. The van der Waals surface area contributed by atoms with Crippen LogP contribution in [0.3, 0.4) is 0 Å². The third kappa shape index (κ3) is 7.61. The Kier molecular flexibility index (Phi) is 8.55. The molecule has 6 aromatic rings. The van der Waals surface area contributed by atoms with E-state index in [0.29, 0.717) is 23.0 Å². The van der Waals surface area contributed by atoms with Gasteiger partial charge in [0.05, 0.1) is 0 Å². The highest BCUT2D eigenvalue weighted by Crippen LogP contribution is 2.51. The summed E-state index contributed by atoms with van der Waals surface area (Å²) >= 11 is 0. The number of phosphoric ester groups is 2. The summed E-state index contributed by atoms with van der Waals surface area (Å²) in [5.41, 5.74) is 0. The monoisotopic (exact) mass is 624 g/mol. The standard InChI is InChI=1S/C34H26O8P2/c35-43(37-29-13-5-1-6-14-29,38-30-15-7-2-8-16-30)41-33-23-21-28-26-34(24-22-27(28)25-33)42-44(36,39-31-17-9-3-10-18-31)40-32-19-11-4-12-20-32/h1-26H. The summed E-state index contributed by atoms with van der Waals surface area (Å²) in [4.78, 5) is 0. The molecule has 0 aromatic heterocycles. The fourth-order valence-electron chi connectivity index (χ4n) is 4.13. The van der Waals surface area contributed by atoms with Crippen molar-refractivity contribution < 1.29 is 36.3 Å². The van der Waals surface area contributed by atoms with Crippen LogP contribution in [0, 0.1) is 0 Å². The van der Waals surface area contributed by atoms with Crippen molar-refractivity contribution in [2.24, 2.45) is 0 Å². The molecular formula is C34H26O8P2. The maximum absolute atomic E-state index is 13.8. The lowest BCUT2D eigenvalue weighted by atomic mass is 10.1. The van der Waals surface area contributed by atoms with Gasteiger partial charge in [-0.15, -0.1) is 0 Å². The Balaban J connectivity index is 1.25. The Bertz CT molecular complexity index is 1690. The van der Waals surface area contributed by atoms with Crippen molar-refractivity contribution in [1.82, 2.24) is 0 Å². The maximum atomic E-state index is 13.8. The summed E-state index contributed by atoms with van der Waals surface area (Å²) in [6, 6.07) is 44.7. The van der Waals surface area contributed by atoms with E-state index in [2.05, 4.69) is 0 Å². The van der Waals surface area contributed by atoms with Gasteiger partial charge >= 0.3 is 15.6 Å². The summed E-state index contributed by atoms with van der Waals surface area (Å²) in [5.74, 6) is 1.82. The van der Waals surface area contributed by atoms with Gasteiger partial charge in [0.1, 0.15) is 34.5 Å². The van der Waals surface area contributed by atoms with E-state index in [9.17, 15) is 9.13 Å². The molecule has 0 aliphatic heterocycles. The van der Waals surface area contributed by atoms with Gasteiger partial charge in [-0.25, -0.2) is 0 Å². The molecule has 0 radical (unpaired) electrons. The van der Waals surface area contributed by atoms with E-state index in [0.717, 1.165) is 10.8 Å². The Morgan fingerprint density at radius 3 is 0.818 bits per heavy atom. The zero-order chi connectivity index (χ0) is 30.2. The molecule has 0 bridgehead atoms. The van der Waals surface area contributed by atoms with E-state index < -0.39 is 15.6 Å². The molecule has 6 rings (SSSR count). The van der Waals surface area contributed by atoms with Crippen molar-refractivity contribution in [1.29, 1.82) is 0 Å². The zero-order valence-electron chi connectivity index (χ0n) is 23.2. The van der Waals surface area contributed by atoms with Crippen molar-refractivity contribution in [3.05, 3.63) is 158 Å². The first-order valence-electron chi connectivity index (χ1n) is 13.6. The van der Waals surface area contributed by atoms with Gasteiger partial charge in [0.25, 0.3) is 0 Å². The molecule has 8 nitrogen and oxygen atoms in total. The molecule has 0 spiro atoms. The summed E-state index contributed by atoms with van der Waals surface area (Å²) in [6.07, 6.45) is 0. The molecule has 0 heterocycles. The Morgan fingerprint density at radius 2 is 0.545 bits per heavy atom. The summed E-state index contributed by atoms with van der Waals surface area (Å²) in [7, 11) is -8.32. The van der Waals surface area contributed by atoms with Crippen LogP contribution in [0.4, 0.5) is 0 Å². The Labute approximate surface area is 254 Å². The second kappa shape index (κ2) is 13.0. The second-order valence-electron chi connectivity index (χ2n) is 9.37. The summed E-state index contributed by atoms with van der Waals surface area (Å²) < 4.78 is 62.3. The van der Waals surface area contributed by atoms with Gasteiger partial charge in [0.2, 0.25) is 0 Å². The molecule has 0 atom stereocenters. The SMILES string of the molecule is O=P(Oc1ccccc1)(Oc1ccccc1)Oc1ccc2cc(OP(=O)(Oc3ccccc3)Oc3ccccc3)ccc2c1. The fourth-order valence-corrected chi connectivity index (χ4v) is 6.61. The third-order valence-corrected chi connectivity index (χ3v) is 8.67. The third-order valence-electron chi connectivity index (χ3n) is 6.06. The van der Waals surface area contributed by atoms with Crippen LogP contribution in [0.25, 0.3) is 10.8 Å². The molecule has 0 unspecified atom stereocenters. The molecule has 0 aliphatic carbocycles. The first-order valence-corrected chi connectivity index (χ1v) is 16.5. The summed E-state index contributed by atoms with van der Waals surface area (Å²) in [5, 5.41) is 1.45. The Hall–Kier alpha value is -5.16. The van der Waals surface area contributed by atoms with Crippen LogP contribution >= 0.6 is 15.6 Å². The maximum Gasteiger partial charge on any atom is 0.647 e. The average Bonchev–Trinajstić information content (AvgIpc) is 3.03. The van der Waals surface area contributed by atoms with Gasteiger partial charge < -0.3 is 27.1 Å². The molecule has 220 valence electrons. The Morgan fingerprint density at radius 1 is 0.295 bits per heavy atom. The number of rotatable bonds is 12. The molecule has 44 heavy (non-hydrogen) atoms. The van der Waals surface area contributed by atoms with Crippen LogP contribution < -0.4 is 27.1 Å². The van der Waals surface area contributed by atoms with Crippen LogP contribution in [0.2, 0.25) is 0 Å². The number of fused-ring (bicyclic) bond motifs is 1. The highest BCUT2D eigenvalue weighted by atomic mass is 31.2. The highest BCUT2D eigenvalue weighted by molar-refractivity contribution is 7.50. The number of para-hydroxylation sites is 4. The van der Waals surface area contributed by atoms with Crippen LogP contribution in [0.5, 0.6) is 34.5 Å². The van der Waals surface area contributed by atoms with Gasteiger partial charge in [-0.05, 0) is 83.6 Å². The molecule has 0 aliphatic rings. The molecule has 0 fully saturated rings. The molecule has 0 saturated heterocycles. The van der Waals surface area contributed by atoms with Crippen LogP contribution in [0.1, 0.15) is 0 Å². The normalized spacial score (nSPS) is 11.4. The van der Waals surface area contributed by atoms with Gasteiger partial charge in [0.15, 0.2) is 0 Å². The molecule has 0 amide bonds. The fraction of sp³-hybridized carbons (Fsp3) is 0. The van der Waals surface area contributed by atoms with E-state index in [-0.39, 0.29) is 11.5 Å². The van der Waals surface area contributed by atoms with Crippen molar-refractivity contribution in [3.8, 4) is 34.5 Å². The zero-order valence-corrected chi connectivity index (χ0v) is 25.0. The molecule has 0 saturated carbocycles. The molecule has 10 heteroatoms. The lowest BCUT2D eigenvalue weighted by Gasteiger charge is -2.20. The first kappa shape index (κ1) is 28.9. The molecular weight excluding hydrogens is 598 g/mol. The van der Waals surface area contributed by atoms with Crippen molar-refractivity contribution in [3.63, 3.8) is 0 Å².